The molecule has 0 radical (unpaired) electrons. The van der Waals surface area contributed by atoms with Crippen LogP contribution < -0.4 is 5.32 Å². The number of thiophene rings is 1. The molecule has 0 unspecified atom stereocenters. The molecule has 1 N–H and O–H groups in total. The number of rotatable bonds is 7. The molecule has 126 valence electrons. The van der Waals surface area contributed by atoms with Gasteiger partial charge in [-0.25, -0.2) is 4.79 Å². The average molecular weight is 345 g/mol. The third-order valence-electron chi connectivity index (χ3n) is 3.38. The Balaban J connectivity index is 1.86. The zero-order valence-electron chi connectivity index (χ0n) is 13.6. The molecule has 1 amide bonds. The van der Waals surface area contributed by atoms with Gasteiger partial charge < -0.3 is 10.1 Å². The lowest BCUT2D eigenvalue weighted by Gasteiger charge is -2.16. The van der Waals surface area contributed by atoms with Crippen molar-refractivity contribution in [2.45, 2.75) is 26.3 Å². The number of amides is 1. The summed E-state index contributed by atoms with van der Waals surface area (Å²) in [6, 6.07) is 12.3. The highest BCUT2D eigenvalue weighted by molar-refractivity contribution is 7.13. The lowest BCUT2D eigenvalue weighted by Crippen LogP contribution is -2.43. The Morgan fingerprint density at radius 2 is 1.83 bits per heavy atom. The first-order chi connectivity index (χ1) is 11.5. The maximum atomic E-state index is 12.0. The zero-order chi connectivity index (χ0) is 17.5. The predicted octanol–water partition coefficient (Wildman–Crippen LogP) is 2.53. The summed E-state index contributed by atoms with van der Waals surface area (Å²) in [6.45, 7) is 2.90. The summed E-state index contributed by atoms with van der Waals surface area (Å²) in [5.41, 5.74) is 0.948. The Morgan fingerprint density at radius 3 is 2.42 bits per heavy atom. The van der Waals surface area contributed by atoms with Crippen LogP contribution in [0.4, 0.5) is 0 Å². The number of benzene rings is 1. The van der Waals surface area contributed by atoms with Gasteiger partial charge in [-0.1, -0.05) is 30.3 Å². The van der Waals surface area contributed by atoms with Crippen LogP contribution in [0.2, 0.25) is 0 Å². The molecule has 0 aliphatic heterocycles. The highest BCUT2D eigenvalue weighted by Crippen LogP contribution is 2.15. The van der Waals surface area contributed by atoms with Crippen LogP contribution in [-0.4, -0.2) is 30.3 Å². The van der Waals surface area contributed by atoms with Crippen molar-refractivity contribution in [3.63, 3.8) is 0 Å². The van der Waals surface area contributed by atoms with Gasteiger partial charge in [0.1, 0.15) is 4.88 Å². The van der Waals surface area contributed by atoms with Crippen LogP contribution in [0.5, 0.6) is 0 Å². The normalized spacial score (nSPS) is 11.6. The van der Waals surface area contributed by atoms with Gasteiger partial charge in [0.15, 0.2) is 12.4 Å². The number of hydrogen-bond acceptors (Lipinski definition) is 5. The fourth-order valence-electron chi connectivity index (χ4n) is 2.13. The fraction of sp³-hybridized carbons (Fsp3) is 0.278. The molecule has 0 spiro atoms. The number of nitrogens with one attached hydrogen (secondary N) is 1. The van der Waals surface area contributed by atoms with E-state index < -0.39 is 24.5 Å². The van der Waals surface area contributed by atoms with Gasteiger partial charge in [0.25, 0.3) is 5.91 Å². The minimum atomic E-state index is -0.636. The first kappa shape index (κ1) is 17.9. The predicted molar refractivity (Wildman–Crippen MR) is 92.1 cm³/mol. The second-order valence-electron chi connectivity index (χ2n) is 5.41. The minimum Gasteiger partial charge on any atom is -0.451 e. The Labute approximate surface area is 144 Å². The Hall–Kier alpha value is -2.47. The largest absolute Gasteiger partial charge is 0.451 e. The first-order valence-electron chi connectivity index (χ1n) is 7.53. The molecule has 1 aromatic heterocycles. The highest BCUT2D eigenvalue weighted by Gasteiger charge is 2.19. The molecule has 0 saturated carbocycles. The standard InChI is InChI=1S/C18H19NO4S/c1-12-8-9-16(24-12)18(22)23-11-17(21)19-15(13(2)20)10-14-6-4-3-5-7-14/h3-9,15H,10-11H2,1-2H3,(H,19,21)/t15-/m1/s1. The molecular weight excluding hydrogens is 326 g/mol. The number of carbonyl (C=O) groups excluding carboxylic acids is 3. The lowest BCUT2D eigenvalue weighted by atomic mass is 10.0. The number of Topliss-reactive ketones (excluding diaryl/α,β-unsaturated/α-hetero) is 1. The summed E-state index contributed by atoms with van der Waals surface area (Å²) >= 11 is 1.31. The number of aryl methyl sites for hydroxylation is 1. The second kappa shape index (κ2) is 8.40. The van der Waals surface area contributed by atoms with E-state index in [4.69, 9.17) is 4.74 Å². The summed E-state index contributed by atoms with van der Waals surface area (Å²) in [6.07, 6.45) is 0.403. The summed E-state index contributed by atoms with van der Waals surface area (Å²) in [7, 11) is 0. The summed E-state index contributed by atoms with van der Waals surface area (Å²) in [4.78, 5) is 36.9. The van der Waals surface area contributed by atoms with Crippen LogP contribution in [-0.2, 0) is 20.7 Å². The number of carbonyl (C=O) groups is 3. The molecular formula is C18H19NO4S. The van der Waals surface area contributed by atoms with E-state index in [0.717, 1.165) is 10.4 Å². The van der Waals surface area contributed by atoms with Gasteiger partial charge >= 0.3 is 5.97 Å². The van der Waals surface area contributed by atoms with Crippen molar-refractivity contribution in [3.8, 4) is 0 Å². The van der Waals surface area contributed by atoms with Crippen LogP contribution in [0.25, 0.3) is 0 Å². The van der Waals surface area contributed by atoms with Gasteiger partial charge in [-0.05, 0) is 38.0 Å². The number of ketones is 1. The van der Waals surface area contributed by atoms with Crippen LogP contribution in [0.15, 0.2) is 42.5 Å². The van der Waals surface area contributed by atoms with Crippen LogP contribution in [0, 0.1) is 6.92 Å². The van der Waals surface area contributed by atoms with E-state index in [9.17, 15) is 14.4 Å². The van der Waals surface area contributed by atoms with E-state index >= 15 is 0 Å². The third kappa shape index (κ3) is 5.31. The van der Waals surface area contributed by atoms with Crippen molar-refractivity contribution in [3.05, 3.63) is 57.8 Å². The SMILES string of the molecule is CC(=O)[C@@H](Cc1ccccc1)NC(=O)COC(=O)c1ccc(C)s1. The number of hydrogen-bond donors (Lipinski definition) is 1. The molecule has 0 aliphatic carbocycles. The maximum Gasteiger partial charge on any atom is 0.348 e. The Kier molecular flexibility index (Phi) is 6.26. The van der Waals surface area contributed by atoms with Crippen molar-refractivity contribution in [2.75, 3.05) is 6.61 Å². The van der Waals surface area contributed by atoms with Crippen molar-refractivity contribution >= 4 is 29.0 Å². The number of esters is 1. The molecule has 24 heavy (non-hydrogen) atoms. The molecule has 5 nitrogen and oxygen atoms in total. The zero-order valence-corrected chi connectivity index (χ0v) is 14.4. The van der Waals surface area contributed by atoms with Crippen molar-refractivity contribution in [1.29, 1.82) is 0 Å². The fourth-order valence-corrected chi connectivity index (χ4v) is 2.89. The van der Waals surface area contributed by atoms with Crippen LogP contribution in [0.3, 0.4) is 0 Å². The first-order valence-corrected chi connectivity index (χ1v) is 8.34. The molecule has 1 heterocycles. The van der Waals surface area contributed by atoms with E-state index in [1.54, 1.807) is 6.07 Å². The molecule has 0 fully saturated rings. The molecule has 2 aromatic rings. The topological polar surface area (TPSA) is 72.5 Å². The van der Waals surface area contributed by atoms with E-state index in [1.807, 2.05) is 43.3 Å². The van der Waals surface area contributed by atoms with E-state index in [2.05, 4.69) is 5.32 Å². The summed E-state index contributed by atoms with van der Waals surface area (Å²) in [5, 5.41) is 2.61. The summed E-state index contributed by atoms with van der Waals surface area (Å²) in [5.74, 6) is -1.18. The van der Waals surface area contributed by atoms with Gasteiger partial charge in [-0.3, -0.25) is 9.59 Å². The second-order valence-corrected chi connectivity index (χ2v) is 6.69. The Morgan fingerprint density at radius 1 is 1.12 bits per heavy atom. The van der Waals surface area contributed by atoms with Gasteiger partial charge in [0.2, 0.25) is 0 Å². The highest BCUT2D eigenvalue weighted by atomic mass is 32.1. The lowest BCUT2D eigenvalue weighted by molar-refractivity contribution is -0.128. The third-order valence-corrected chi connectivity index (χ3v) is 4.37. The molecule has 1 atom stereocenters. The van der Waals surface area contributed by atoms with E-state index in [0.29, 0.717) is 11.3 Å². The smallest absolute Gasteiger partial charge is 0.348 e. The molecule has 2 rings (SSSR count). The van der Waals surface area contributed by atoms with Gasteiger partial charge in [0.05, 0.1) is 6.04 Å². The molecule has 0 saturated heterocycles. The van der Waals surface area contributed by atoms with E-state index in [1.165, 1.54) is 18.3 Å². The molecule has 6 heteroatoms. The molecule has 0 aliphatic rings. The monoisotopic (exact) mass is 345 g/mol. The molecule has 1 aromatic carbocycles. The van der Waals surface area contributed by atoms with Crippen molar-refractivity contribution in [2.24, 2.45) is 0 Å². The van der Waals surface area contributed by atoms with Gasteiger partial charge in [0, 0.05) is 4.88 Å². The summed E-state index contributed by atoms with van der Waals surface area (Å²) < 4.78 is 4.98. The van der Waals surface area contributed by atoms with Gasteiger partial charge in [-0.2, -0.15) is 0 Å². The number of ether oxygens (including phenoxy) is 1. The maximum absolute atomic E-state index is 12.0. The molecule has 0 bridgehead atoms. The Bertz CT molecular complexity index is 724. The van der Waals surface area contributed by atoms with E-state index in [-0.39, 0.29) is 5.78 Å². The van der Waals surface area contributed by atoms with Crippen LogP contribution in [0.1, 0.15) is 27.0 Å². The van der Waals surface area contributed by atoms with Crippen molar-refractivity contribution < 1.29 is 19.1 Å². The van der Waals surface area contributed by atoms with Crippen LogP contribution >= 0.6 is 11.3 Å². The van der Waals surface area contributed by atoms with Gasteiger partial charge in [-0.15, -0.1) is 11.3 Å². The van der Waals surface area contributed by atoms with Crippen molar-refractivity contribution in [1.82, 2.24) is 5.32 Å². The average Bonchev–Trinajstić information content (AvgIpc) is 2.99. The quantitative estimate of drug-likeness (QED) is 0.783. The minimum absolute atomic E-state index is 0.146.